The standard InChI is InChI=1S/C20H26N2O2/c1-5-11-21-13-17-18(14-22-12-6-2)20(24-4)16-10-8-7-9-15(16)19(17)23-3/h5-10,21-22H,1-2,11-14H2,3-4H3. The lowest BCUT2D eigenvalue weighted by atomic mass is 9.97. The van der Waals surface area contributed by atoms with Gasteiger partial charge in [-0.2, -0.15) is 0 Å². The number of fused-ring (bicyclic) bond motifs is 1. The van der Waals surface area contributed by atoms with E-state index in [1.165, 1.54) is 0 Å². The first-order chi connectivity index (χ1) is 11.8. The van der Waals surface area contributed by atoms with E-state index in [-0.39, 0.29) is 0 Å². The maximum Gasteiger partial charge on any atom is 0.131 e. The van der Waals surface area contributed by atoms with E-state index >= 15 is 0 Å². The number of hydrogen-bond acceptors (Lipinski definition) is 4. The molecule has 24 heavy (non-hydrogen) atoms. The van der Waals surface area contributed by atoms with Gasteiger partial charge >= 0.3 is 0 Å². The van der Waals surface area contributed by atoms with Gasteiger partial charge in [0.2, 0.25) is 0 Å². The maximum atomic E-state index is 5.77. The quantitative estimate of drug-likeness (QED) is 0.519. The zero-order chi connectivity index (χ0) is 17.4. The van der Waals surface area contributed by atoms with Crippen molar-refractivity contribution in [2.24, 2.45) is 0 Å². The van der Waals surface area contributed by atoms with Crippen molar-refractivity contribution in [2.45, 2.75) is 13.1 Å². The Morgan fingerprint density at radius 3 is 1.58 bits per heavy atom. The van der Waals surface area contributed by atoms with Gasteiger partial charge in [0, 0.05) is 48.1 Å². The molecule has 0 amide bonds. The zero-order valence-electron chi connectivity index (χ0n) is 14.5. The Bertz CT molecular complexity index is 650. The van der Waals surface area contributed by atoms with Crippen LogP contribution in [0.3, 0.4) is 0 Å². The molecule has 4 heteroatoms. The zero-order valence-corrected chi connectivity index (χ0v) is 14.5. The van der Waals surface area contributed by atoms with Gasteiger partial charge in [-0.25, -0.2) is 0 Å². The highest BCUT2D eigenvalue weighted by molar-refractivity contribution is 5.96. The van der Waals surface area contributed by atoms with Crippen molar-refractivity contribution in [3.8, 4) is 11.5 Å². The van der Waals surface area contributed by atoms with E-state index in [0.717, 1.165) is 46.5 Å². The summed E-state index contributed by atoms with van der Waals surface area (Å²) in [6.45, 7) is 10.4. The second kappa shape index (κ2) is 9.11. The largest absolute Gasteiger partial charge is 0.496 e. The Kier molecular flexibility index (Phi) is 6.85. The maximum absolute atomic E-state index is 5.77. The molecule has 0 saturated heterocycles. The van der Waals surface area contributed by atoms with Gasteiger partial charge in [-0.05, 0) is 0 Å². The Balaban J connectivity index is 2.62. The molecule has 0 aliphatic carbocycles. The molecule has 0 aromatic heterocycles. The molecule has 0 spiro atoms. The molecule has 0 fully saturated rings. The molecule has 0 saturated carbocycles. The van der Waals surface area contributed by atoms with Gasteiger partial charge in [-0.3, -0.25) is 0 Å². The summed E-state index contributed by atoms with van der Waals surface area (Å²) in [7, 11) is 3.43. The van der Waals surface area contributed by atoms with Crippen molar-refractivity contribution in [3.05, 3.63) is 60.7 Å². The summed E-state index contributed by atoms with van der Waals surface area (Å²) in [6.07, 6.45) is 3.70. The van der Waals surface area contributed by atoms with Gasteiger partial charge in [0.15, 0.2) is 0 Å². The van der Waals surface area contributed by atoms with Gasteiger partial charge in [-0.15, -0.1) is 13.2 Å². The molecule has 0 bridgehead atoms. The van der Waals surface area contributed by atoms with Crippen LogP contribution < -0.4 is 20.1 Å². The van der Waals surface area contributed by atoms with Gasteiger partial charge in [0.1, 0.15) is 11.5 Å². The third-order valence-electron chi connectivity index (χ3n) is 3.92. The lowest BCUT2D eigenvalue weighted by Gasteiger charge is -2.21. The van der Waals surface area contributed by atoms with Crippen LogP contribution in [0.4, 0.5) is 0 Å². The minimum absolute atomic E-state index is 0.682. The van der Waals surface area contributed by atoms with Gasteiger partial charge in [-0.1, -0.05) is 36.4 Å². The Morgan fingerprint density at radius 1 is 0.833 bits per heavy atom. The van der Waals surface area contributed by atoms with E-state index in [9.17, 15) is 0 Å². The molecule has 2 rings (SSSR count). The highest BCUT2D eigenvalue weighted by atomic mass is 16.5. The van der Waals surface area contributed by atoms with E-state index in [1.807, 2.05) is 24.3 Å². The number of ether oxygens (including phenoxy) is 2. The topological polar surface area (TPSA) is 42.5 Å². The summed E-state index contributed by atoms with van der Waals surface area (Å²) in [5.74, 6) is 1.77. The monoisotopic (exact) mass is 326 g/mol. The summed E-state index contributed by atoms with van der Waals surface area (Å²) in [6, 6.07) is 8.16. The number of rotatable bonds is 10. The smallest absolute Gasteiger partial charge is 0.131 e. The highest BCUT2D eigenvalue weighted by Gasteiger charge is 2.20. The molecular weight excluding hydrogens is 300 g/mol. The van der Waals surface area contributed by atoms with Crippen LogP contribution in [0.5, 0.6) is 11.5 Å². The van der Waals surface area contributed by atoms with Crippen molar-refractivity contribution in [1.82, 2.24) is 10.6 Å². The van der Waals surface area contributed by atoms with Crippen LogP contribution in [0.2, 0.25) is 0 Å². The minimum Gasteiger partial charge on any atom is -0.496 e. The Hall–Kier alpha value is -2.30. The third-order valence-corrected chi connectivity index (χ3v) is 3.92. The molecule has 0 aliphatic rings. The summed E-state index contributed by atoms with van der Waals surface area (Å²) in [5.41, 5.74) is 2.21. The first-order valence-corrected chi connectivity index (χ1v) is 8.06. The van der Waals surface area contributed by atoms with Crippen LogP contribution in [0.25, 0.3) is 10.8 Å². The number of nitrogens with one attached hydrogen (secondary N) is 2. The summed E-state index contributed by atoms with van der Waals surface area (Å²) >= 11 is 0. The fourth-order valence-electron chi connectivity index (χ4n) is 2.92. The Morgan fingerprint density at radius 2 is 1.25 bits per heavy atom. The summed E-state index contributed by atoms with van der Waals surface area (Å²) < 4.78 is 11.5. The molecule has 2 aromatic carbocycles. The van der Waals surface area contributed by atoms with Crippen molar-refractivity contribution in [1.29, 1.82) is 0 Å². The fourth-order valence-corrected chi connectivity index (χ4v) is 2.92. The van der Waals surface area contributed by atoms with Gasteiger partial charge < -0.3 is 20.1 Å². The van der Waals surface area contributed by atoms with E-state index in [4.69, 9.17) is 9.47 Å². The van der Waals surface area contributed by atoms with E-state index < -0.39 is 0 Å². The summed E-state index contributed by atoms with van der Waals surface area (Å²) in [4.78, 5) is 0. The molecule has 0 heterocycles. The lowest BCUT2D eigenvalue weighted by Crippen LogP contribution is -2.20. The first kappa shape index (κ1) is 18.0. The van der Waals surface area contributed by atoms with Gasteiger partial charge in [0.05, 0.1) is 14.2 Å². The predicted octanol–water partition coefficient (Wildman–Crippen LogP) is 3.41. The van der Waals surface area contributed by atoms with Crippen LogP contribution in [-0.2, 0) is 13.1 Å². The van der Waals surface area contributed by atoms with E-state index in [0.29, 0.717) is 13.1 Å². The highest BCUT2D eigenvalue weighted by Crippen LogP contribution is 2.40. The number of methoxy groups -OCH3 is 2. The predicted molar refractivity (Wildman–Crippen MR) is 101 cm³/mol. The van der Waals surface area contributed by atoms with E-state index in [2.05, 4.69) is 35.9 Å². The molecule has 2 N–H and O–H groups in total. The average Bonchev–Trinajstić information content (AvgIpc) is 2.62. The summed E-state index contributed by atoms with van der Waals surface area (Å²) in [5, 5.41) is 8.85. The molecule has 0 radical (unpaired) electrons. The molecular formula is C20H26N2O2. The van der Waals surface area contributed by atoms with Crippen LogP contribution in [0.15, 0.2) is 49.6 Å². The van der Waals surface area contributed by atoms with Crippen molar-refractivity contribution in [3.63, 3.8) is 0 Å². The molecule has 0 aliphatic heterocycles. The lowest BCUT2D eigenvalue weighted by molar-refractivity contribution is 0.399. The fraction of sp³-hybridized carbons (Fsp3) is 0.300. The van der Waals surface area contributed by atoms with Crippen molar-refractivity contribution in [2.75, 3.05) is 27.3 Å². The average molecular weight is 326 g/mol. The molecule has 0 unspecified atom stereocenters. The number of hydrogen-bond donors (Lipinski definition) is 2. The first-order valence-electron chi connectivity index (χ1n) is 8.06. The third kappa shape index (κ3) is 3.78. The SMILES string of the molecule is C=CCNCc1c(CNCC=C)c(OC)c2ccccc2c1OC. The molecule has 2 aromatic rings. The molecule has 128 valence electrons. The second-order valence-corrected chi connectivity index (χ2v) is 5.41. The molecule has 0 atom stereocenters. The molecule has 4 nitrogen and oxygen atoms in total. The van der Waals surface area contributed by atoms with Gasteiger partial charge in [0.25, 0.3) is 0 Å². The van der Waals surface area contributed by atoms with Crippen LogP contribution >= 0.6 is 0 Å². The van der Waals surface area contributed by atoms with Crippen LogP contribution in [0.1, 0.15) is 11.1 Å². The minimum atomic E-state index is 0.682. The van der Waals surface area contributed by atoms with E-state index in [1.54, 1.807) is 14.2 Å². The van der Waals surface area contributed by atoms with Crippen molar-refractivity contribution >= 4 is 10.8 Å². The van der Waals surface area contributed by atoms with Crippen LogP contribution in [0, 0.1) is 0 Å². The second-order valence-electron chi connectivity index (χ2n) is 5.41. The normalized spacial score (nSPS) is 10.6. The van der Waals surface area contributed by atoms with Crippen LogP contribution in [-0.4, -0.2) is 27.3 Å². The number of benzene rings is 2. The van der Waals surface area contributed by atoms with Crippen molar-refractivity contribution < 1.29 is 9.47 Å². The Labute approximate surface area is 144 Å².